The molecule has 78 valence electrons. The Morgan fingerprint density at radius 3 is 2.29 bits per heavy atom. The fraction of sp³-hybridized carbons (Fsp3) is 0.400. The summed E-state index contributed by atoms with van der Waals surface area (Å²) in [5.74, 6) is 0.0882. The Morgan fingerprint density at radius 2 is 1.86 bits per heavy atom. The molecule has 1 rings (SSSR count). The van der Waals surface area contributed by atoms with E-state index in [1.165, 1.54) is 18.2 Å². The van der Waals surface area contributed by atoms with E-state index in [1.54, 1.807) is 20.8 Å². The van der Waals surface area contributed by atoms with E-state index < -0.39 is 15.1 Å². The van der Waals surface area contributed by atoms with Crippen LogP contribution in [0.5, 0.6) is 5.75 Å². The molecular weight excluding hydrogens is 200 g/mol. The van der Waals surface area contributed by atoms with E-state index in [0.717, 1.165) is 0 Å². The summed E-state index contributed by atoms with van der Waals surface area (Å²) < 4.78 is 23.6. The fourth-order valence-electron chi connectivity index (χ4n) is 1.21. The Balaban J connectivity index is 3.35. The van der Waals surface area contributed by atoms with Gasteiger partial charge in [0.05, 0.1) is 10.1 Å². The molecule has 1 N–H and O–H groups in total. The minimum Gasteiger partial charge on any atom is -0.508 e. The first-order valence-electron chi connectivity index (χ1n) is 4.39. The minimum atomic E-state index is -3.24. The largest absolute Gasteiger partial charge is 0.508 e. The highest BCUT2D eigenvalue weighted by molar-refractivity contribution is 7.92. The van der Waals surface area contributed by atoms with Crippen molar-refractivity contribution in [3.63, 3.8) is 0 Å². The standard InChI is InChI=1S/C10H14O3S/c1-7(2)14(12,13)10-5-4-9(11)6-8(10)3/h4-7,11H,1-3H3. The molecule has 0 spiro atoms. The molecule has 0 amide bonds. The van der Waals surface area contributed by atoms with Gasteiger partial charge in [0.2, 0.25) is 0 Å². The maximum absolute atomic E-state index is 11.8. The average molecular weight is 214 g/mol. The smallest absolute Gasteiger partial charge is 0.180 e. The van der Waals surface area contributed by atoms with Crippen LogP contribution in [0, 0.1) is 6.92 Å². The van der Waals surface area contributed by atoms with Crippen molar-refractivity contribution in [1.29, 1.82) is 0 Å². The van der Waals surface area contributed by atoms with Crippen molar-refractivity contribution in [3.8, 4) is 5.75 Å². The molecule has 0 aliphatic rings. The summed E-state index contributed by atoms with van der Waals surface area (Å²) in [5, 5.41) is 8.71. The number of rotatable bonds is 2. The van der Waals surface area contributed by atoms with E-state index in [9.17, 15) is 8.42 Å². The van der Waals surface area contributed by atoms with Crippen molar-refractivity contribution in [2.24, 2.45) is 0 Å². The third kappa shape index (κ3) is 1.90. The van der Waals surface area contributed by atoms with E-state index in [2.05, 4.69) is 0 Å². The molecule has 1 aromatic rings. The molecule has 0 aliphatic heterocycles. The van der Waals surface area contributed by atoms with Crippen molar-refractivity contribution in [2.75, 3.05) is 0 Å². The highest BCUT2D eigenvalue weighted by atomic mass is 32.2. The molecule has 0 aromatic heterocycles. The van der Waals surface area contributed by atoms with Gasteiger partial charge in [0.1, 0.15) is 5.75 Å². The van der Waals surface area contributed by atoms with Crippen molar-refractivity contribution in [2.45, 2.75) is 30.9 Å². The first-order chi connectivity index (χ1) is 6.35. The second-order valence-corrected chi connectivity index (χ2v) is 6.02. The van der Waals surface area contributed by atoms with Gasteiger partial charge in [0, 0.05) is 0 Å². The van der Waals surface area contributed by atoms with Crippen molar-refractivity contribution in [1.82, 2.24) is 0 Å². The van der Waals surface area contributed by atoms with Crippen LogP contribution in [0.3, 0.4) is 0 Å². The lowest BCUT2D eigenvalue weighted by atomic mass is 10.2. The van der Waals surface area contributed by atoms with E-state index in [-0.39, 0.29) is 5.75 Å². The summed E-state index contributed by atoms with van der Waals surface area (Å²) in [4.78, 5) is 0.297. The van der Waals surface area contributed by atoms with Crippen LogP contribution in [-0.2, 0) is 9.84 Å². The van der Waals surface area contributed by atoms with Gasteiger partial charge in [0.25, 0.3) is 0 Å². The minimum absolute atomic E-state index is 0.0882. The zero-order valence-electron chi connectivity index (χ0n) is 8.48. The Kier molecular flexibility index (Phi) is 2.85. The Labute approximate surface area is 84.3 Å². The van der Waals surface area contributed by atoms with Gasteiger partial charge in [-0.3, -0.25) is 0 Å². The molecule has 0 saturated heterocycles. The van der Waals surface area contributed by atoms with E-state index >= 15 is 0 Å². The van der Waals surface area contributed by atoms with Crippen molar-refractivity contribution < 1.29 is 13.5 Å². The zero-order chi connectivity index (χ0) is 10.9. The Morgan fingerprint density at radius 1 is 1.29 bits per heavy atom. The normalized spacial score (nSPS) is 12.0. The maximum atomic E-state index is 11.8. The summed E-state index contributed by atoms with van der Waals surface area (Å²) in [6.45, 7) is 4.96. The lowest BCUT2D eigenvalue weighted by molar-refractivity contribution is 0.474. The highest BCUT2D eigenvalue weighted by Gasteiger charge is 2.20. The second kappa shape index (κ2) is 3.61. The van der Waals surface area contributed by atoms with Gasteiger partial charge in [-0.2, -0.15) is 0 Å². The zero-order valence-corrected chi connectivity index (χ0v) is 9.30. The third-order valence-electron chi connectivity index (χ3n) is 2.09. The Hall–Kier alpha value is -1.03. The summed E-state index contributed by atoms with van der Waals surface area (Å²) in [7, 11) is -3.24. The van der Waals surface area contributed by atoms with Gasteiger partial charge in [-0.25, -0.2) is 8.42 Å². The lowest BCUT2D eigenvalue weighted by Gasteiger charge is -2.10. The van der Waals surface area contributed by atoms with Crippen LogP contribution >= 0.6 is 0 Å². The molecule has 0 fully saturated rings. The quantitative estimate of drug-likeness (QED) is 0.817. The SMILES string of the molecule is Cc1cc(O)ccc1S(=O)(=O)C(C)C. The molecule has 0 radical (unpaired) electrons. The molecule has 3 nitrogen and oxygen atoms in total. The number of phenols is 1. The summed E-state index contributed by atoms with van der Waals surface area (Å²) >= 11 is 0. The predicted octanol–water partition coefficient (Wildman–Crippen LogP) is 1.88. The Bertz CT molecular complexity index is 433. The number of phenolic OH excluding ortho intramolecular Hbond substituents is 1. The van der Waals surface area contributed by atoms with Crippen LogP contribution in [0.25, 0.3) is 0 Å². The predicted molar refractivity (Wildman–Crippen MR) is 55.2 cm³/mol. The fourth-order valence-corrected chi connectivity index (χ4v) is 2.48. The first kappa shape index (κ1) is 11.0. The van der Waals surface area contributed by atoms with Gasteiger partial charge in [-0.05, 0) is 44.5 Å². The van der Waals surface area contributed by atoms with E-state index in [4.69, 9.17) is 5.11 Å². The van der Waals surface area contributed by atoms with E-state index in [0.29, 0.717) is 10.5 Å². The molecule has 4 heteroatoms. The van der Waals surface area contributed by atoms with Gasteiger partial charge >= 0.3 is 0 Å². The number of aromatic hydroxyl groups is 1. The number of hydrogen-bond acceptors (Lipinski definition) is 3. The lowest BCUT2D eigenvalue weighted by Crippen LogP contribution is -2.15. The first-order valence-corrected chi connectivity index (χ1v) is 5.94. The van der Waals surface area contributed by atoms with Crippen LogP contribution in [-0.4, -0.2) is 18.8 Å². The van der Waals surface area contributed by atoms with E-state index in [1.807, 2.05) is 0 Å². The molecular formula is C10H14O3S. The molecule has 0 atom stereocenters. The van der Waals surface area contributed by atoms with Crippen molar-refractivity contribution in [3.05, 3.63) is 23.8 Å². The number of sulfone groups is 1. The molecule has 1 aromatic carbocycles. The molecule has 14 heavy (non-hydrogen) atoms. The molecule has 0 bridgehead atoms. The average Bonchev–Trinajstić information content (AvgIpc) is 2.02. The molecule has 0 aliphatic carbocycles. The van der Waals surface area contributed by atoms with Gasteiger partial charge < -0.3 is 5.11 Å². The van der Waals surface area contributed by atoms with Crippen LogP contribution < -0.4 is 0 Å². The number of benzene rings is 1. The third-order valence-corrected chi connectivity index (χ3v) is 4.40. The topological polar surface area (TPSA) is 54.4 Å². The molecule has 0 heterocycles. The number of aryl methyl sites for hydroxylation is 1. The van der Waals surface area contributed by atoms with Crippen LogP contribution in [0.1, 0.15) is 19.4 Å². The summed E-state index contributed by atoms with van der Waals surface area (Å²) in [6.07, 6.45) is 0. The summed E-state index contributed by atoms with van der Waals surface area (Å²) in [6, 6.07) is 4.29. The molecule has 0 saturated carbocycles. The summed E-state index contributed by atoms with van der Waals surface area (Å²) in [5.41, 5.74) is 0.582. The number of hydrogen-bond donors (Lipinski definition) is 1. The van der Waals surface area contributed by atoms with Crippen LogP contribution in [0.4, 0.5) is 0 Å². The molecule has 0 unspecified atom stereocenters. The maximum Gasteiger partial charge on any atom is 0.180 e. The van der Waals surface area contributed by atoms with Crippen LogP contribution in [0.15, 0.2) is 23.1 Å². The van der Waals surface area contributed by atoms with Gasteiger partial charge in [-0.15, -0.1) is 0 Å². The van der Waals surface area contributed by atoms with Gasteiger partial charge in [0.15, 0.2) is 9.84 Å². The van der Waals surface area contributed by atoms with Gasteiger partial charge in [-0.1, -0.05) is 0 Å². The highest BCUT2D eigenvalue weighted by Crippen LogP contribution is 2.23. The second-order valence-electron chi connectivity index (χ2n) is 3.54. The monoisotopic (exact) mass is 214 g/mol. The van der Waals surface area contributed by atoms with Crippen LogP contribution in [0.2, 0.25) is 0 Å². The van der Waals surface area contributed by atoms with Crippen molar-refractivity contribution >= 4 is 9.84 Å².